The second-order valence-corrected chi connectivity index (χ2v) is 9.14. The number of carbonyl (C=O) groups is 3. The summed E-state index contributed by atoms with van der Waals surface area (Å²) in [6, 6.07) is 0. The van der Waals surface area contributed by atoms with Crippen molar-refractivity contribution in [1.29, 1.82) is 0 Å². The molecular formula is C22H30O4. The molecule has 0 radical (unpaired) electrons. The van der Waals surface area contributed by atoms with Crippen LogP contribution in [0.3, 0.4) is 0 Å². The van der Waals surface area contributed by atoms with Crippen LogP contribution in [0.1, 0.15) is 65.2 Å². The summed E-state index contributed by atoms with van der Waals surface area (Å²) in [6.07, 6.45) is 9.99. The van der Waals surface area contributed by atoms with Crippen LogP contribution in [0.15, 0.2) is 11.6 Å². The number of fused-ring (bicyclic) bond motifs is 5. The number of hydrogen-bond acceptors (Lipinski definition) is 4. The van der Waals surface area contributed by atoms with E-state index >= 15 is 0 Å². The molecule has 0 spiro atoms. The van der Waals surface area contributed by atoms with E-state index in [0.717, 1.165) is 44.1 Å². The number of ketones is 1. The Morgan fingerprint density at radius 2 is 2.00 bits per heavy atom. The molecule has 0 N–H and O–H groups in total. The smallest absolute Gasteiger partial charge is 0.309 e. The predicted octanol–water partition coefficient (Wildman–Crippen LogP) is 3.88. The summed E-state index contributed by atoms with van der Waals surface area (Å²) in [4.78, 5) is 36.7. The Balaban J connectivity index is 1.65. The quantitative estimate of drug-likeness (QED) is 0.567. The minimum Gasteiger partial charge on any atom is -0.466 e. The van der Waals surface area contributed by atoms with Crippen molar-refractivity contribution in [1.82, 2.24) is 0 Å². The highest BCUT2D eigenvalue weighted by Crippen LogP contribution is 2.66. The lowest BCUT2D eigenvalue weighted by atomic mass is 9.46. The van der Waals surface area contributed by atoms with E-state index in [1.54, 1.807) is 6.08 Å². The molecule has 4 aliphatic rings. The molecule has 0 aromatic rings. The summed E-state index contributed by atoms with van der Waals surface area (Å²) in [6.45, 7) is 4.60. The maximum atomic E-state index is 12.5. The van der Waals surface area contributed by atoms with E-state index in [-0.39, 0.29) is 23.1 Å². The van der Waals surface area contributed by atoms with Gasteiger partial charge in [0.25, 0.3) is 0 Å². The molecule has 4 aliphatic carbocycles. The number of hydrogen-bond donors (Lipinski definition) is 0. The lowest BCUT2D eigenvalue weighted by Crippen LogP contribution is -2.52. The molecule has 0 aromatic carbocycles. The maximum Gasteiger partial charge on any atom is 0.309 e. The zero-order valence-electron chi connectivity index (χ0n) is 16.0. The van der Waals surface area contributed by atoms with E-state index < -0.39 is 5.41 Å². The highest BCUT2D eigenvalue weighted by atomic mass is 16.5. The van der Waals surface area contributed by atoms with E-state index in [1.165, 1.54) is 6.29 Å². The van der Waals surface area contributed by atoms with Gasteiger partial charge in [-0.3, -0.25) is 9.59 Å². The Morgan fingerprint density at radius 1 is 1.19 bits per heavy atom. The van der Waals surface area contributed by atoms with E-state index in [1.807, 2.05) is 6.92 Å². The maximum absolute atomic E-state index is 12.5. The van der Waals surface area contributed by atoms with Crippen molar-refractivity contribution in [2.45, 2.75) is 65.2 Å². The van der Waals surface area contributed by atoms with Crippen molar-refractivity contribution < 1.29 is 19.1 Å². The highest BCUT2D eigenvalue weighted by molar-refractivity contribution is 5.93. The summed E-state index contributed by atoms with van der Waals surface area (Å²) in [7, 11) is 0. The lowest BCUT2D eigenvalue weighted by molar-refractivity contribution is -0.156. The average molecular weight is 358 g/mol. The number of rotatable bonds is 3. The molecule has 3 fully saturated rings. The molecule has 3 saturated carbocycles. The van der Waals surface area contributed by atoms with Crippen molar-refractivity contribution >= 4 is 18.0 Å². The molecule has 26 heavy (non-hydrogen) atoms. The molecular weight excluding hydrogens is 328 g/mol. The molecule has 0 heterocycles. The van der Waals surface area contributed by atoms with Crippen LogP contribution >= 0.6 is 0 Å². The number of aldehydes is 1. The molecule has 4 heteroatoms. The molecule has 0 aromatic heterocycles. The number of ether oxygens (including phenoxy) is 1. The fourth-order valence-electron chi connectivity index (χ4n) is 7.12. The van der Waals surface area contributed by atoms with Gasteiger partial charge in [0.05, 0.1) is 17.9 Å². The number of carbonyl (C=O) groups excluding carboxylic acids is 3. The zero-order valence-corrected chi connectivity index (χ0v) is 16.0. The van der Waals surface area contributed by atoms with Crippen LogP contribution < -0.4 is 0 Å². The molecule has 0 bridgehead atoms. The normalized spacial score (nSPS) is 44.4. The minimum atomic E-state index is -0.416. The lowest BCUT2D eigenvalue weighted by Gasteiger charge is -2.57. The van der Waals surface area contributed by atoms with Gasteiger partial charge in [0, 0.05) is 6.42 Å². The van der Waals surface area contributed by atoms with Crippen molar-refractivity contribution in [3.05, 3.63) is 11.6 Å². The number of esters is 1. The molecule has 0 unspecified atom stereocenters. The van der Waals surface area contributed by atoms with Gasteiger partial charge in [0.2, 0.25) is 0 Å². The molecule has 6 atom stereocenters. The van der Waals surface area contributed by atoms with Gasteiger partial charge in [0.15, 0.2) is 5.78 Å². The second kappa shape index (κ2) is 6.31. The van der Waals surface area contributed by atoms with Gasteiger partial charge < -0.3 is 9.53 Å². The Hall–Kier alpha value is -1.45. The van der Waals surface area contributed by atoms with Crippen LogP contribution in [-0.4, -0.2) is 24.6 Å². The van der Waals surface area contributed by atoms with Crippen LogP contribution in [0, 0.1) is 34.5 Å². The topological polar surface area (TPSA) is 60.4 Å². The Kier molecular flexibility index (Phi) is 4.36. The molecule has 4 nitrogen and oxygen atoms in total. The Bertz CT molecular complexity index is 665. The van der Waals surface area contributed by atoms with Gasteiger partial charge in [-0.15, -0.1) is 0 Å². The average Bonchev–Trinajstić information content (AvgIpc) is 2.99. The third-order valence-corrected chi connectivity index (χ3v) is 8.35. The fourth-order valence-corrected chi connectivity index (χ4v) is 7.12. The van der Waals surface area contributed by atoms with Crippen molar-refractivity contribution in [3.63, 3.8) is 0 Å². The largest absolute Gasteiger partial charge is 0.466 e. The molecule has 0 aliphatic heterocycles. The monoisotopic (exact) mass is 358 g/mol. The van der Waals surface area contributed by atoms with Gasteiger partial charge in [-0.2, -0.15) is 0 Å². The first kappa shape index (κ1) is 17.9. The molecule has 4 rings (SSSR count). The summed E-state index contributed by atoms with van der Waals surface area (Å²) < 4.78 is 5.37. The van der Waals surface area contributed by atoms with Crippen LogP contribution in [0.25, 0.3) is 0 Å². The van der Waals surface area contributed by atoms with Crippen molar-refractivity contribution in [2.24, 2.45) is 34.5 Å². The summed E-state index contributed by atoms with van der Waals surface area (Å²) in [5, 5.41) is 0. The fraction of sp³-hybridized carbons (Fsp3) is 0.773. The van der Waals surface area contributed by atoms with Gasteiger partial charge >= 0.3 is 5.97 Å². The second-order valence-electron chi connectivity index (χ2n) is 9.14. The molecule has 0 saturated heterocycles. The Labute approximate surface area is 155 Å². The highest BCUT2D eigenvalue weighted by Gasteiger charge is 2.61. The van der Waals surface area contributed by atoms with Gasteiger partial charge in [-0.25, -0.2) is 0 Å². The van der Waals surface area contributed by atoms with Gasteiger partial charge in [-0.05, 0) is 81.1 Å². The summed E-state index contributed by atoms with van der Waals surface area (Å²) in [5.74, 6) is 1.48. The van der Waals surface area contributed by atoms with E-state index in [4.69, 9.17) is 4.74 Å². The first-order valence-electron chi connectivity index (χ1n) is 10.3. The van der Waals surface area contributed by atoms with E-state index in [2.05, 4.69) is 6.92 Å². The van der Waals surface area contributed by atoms with Crippen LogP contribution in [0.4, 0.5) is 0 Å². The van der Waals surface area contributed by atoms with Gasteiger partial charge in [0.1, 0.15) is 6.29 Å². The molecule has 0 amide bonds. The third kappa shape index (κ3) is 2.36. The Morgan fingerprint density at radius 3 is 2.73 bits per heavy atom. The van der Waals surface area contributed by atoms with Crippen LogP contribution in [0.5, 0.6) is 0 Å². The SMILES string of the molecule is CCOC(=O)[C@H]1CC[C@H]2[C@@H]3CCC4=CC(=O)CC[C@]4(C=O)[C@H]3CC[C@]12C. The number of allylic oxidation sites excluding steroid dienone is 1. The van der Waals surface area contributed by atoms with Crippen LogP contribution in [-0.2, 0) is 19.1 Å². The first-order chi connectivity index (χ1) is 12.5. The minimum absolute atomic E-state index is 0.00317. The standard InChI is InChI=1S/C22H30O4/c1-3-26-20(25)19-7-6-17-16-5-4-14-12-15(24)8-11-22(14,13-23)18(16)9-10-21(17,19)2/h12-13,16-19H,3-11H2,1-2H3/t16-,17-,18-,19+,21-,22+/m0/s1. The van der Waals surface area contributed by atoms with E-state index in [0.29, 0.717) is 37.2 Å². The van der Waals surface area contributed by atoms with Gasteiger partial charge in [-0.1, -0.05) is 12.5 Å². The van der Waals surface area contributed by atoms with Crippen LogP contribution in [0.2, 0.25) is 0 Å². The third-order valence-electron chi connectivity index (χ3n) is 8.35. The zero-order chi connectivity index (χ0) is 18.5. The predicted molar refractivity (Wildman–Crippen MR) is 97.2 cm³/mol. The molecule has 142 valence electrons. The van der Waals surface area contributed by atoms with Crippen molar-refractivity contribution in [3.8, 4) is 0 Å². The van der Waals surface area contributed by atoms with Crippen molar-refractivity contribution in [2.75, 3.05) is 6.61 Å². The van der Waals surface area contributed by atoms with E-state index in [9.17, 15) is 14.4 Å². The summed E-state index contributed by atoms with van der Waals surface area (Å²) in [5.41, 5.74) is 0.678. The summed E-state index contributed by atoms with van der Waals surface area (Å²) >= 11 is 0. The first-order valence-corrected chi connectivity index (χ1v) is 10.3.